The molecule has 23 heavy (non-hydrogen) atoms. The molecule has 0 bridgehead atoms. The van der Waals surface area contributed by atoms with Crippen molar-refractivity contribution in [3.05, 3.63) is 35.4 Å². The molecule has 1 aliphatic carbocycles. The Hall–Kier alpha value is -2.09. The Labute approximate surface area is 131 Å². The molecule has 0 saturated carbocycles. The molecule has 2 N–H and O–H groups in total. The van der Waals surface area contributed by atoms with Crippen LogP contribution in [0.15, 0.2) is 24.3 Å². The quantitative estimate of drug-likeness (QED) is 0.888. The zero-order chi connectivity index (χ0) is 17.0. The van der Waals surface area contributed by atoms with E-state index in [4.69, 9.17) is 0 Å². The number of likely N-dealkylation sites (N-methyl/N-ethyl adjacent to an activating group) is 1. The van der Waals surface area contributed by atoms with E-state index in [1.807, 2.05) is 29.6 Å². The summed E-state index contributed by atoms with van der Waals surface area (Å²) in [6.45, 7) is -1.55. The number of carbonyl (C=O) groups excluding carboxylic acids is 2. The first-order valence-electron chi connectivity index (χ1n) is 7.19. The summed E-state index contributed by atoms with van der Waals surface area (Å²) in [5.74, 6) is -0.642. The third kappa shape index (κ3) is 4.95. The van der Waals surface area contributed by atoms with E-state index in [-0.39, 0.29) is 12.6 Å². The standard InChI is InChI=1S/C15H18F3N3O2/c1-21(12-7-6-10-4-2-3-5-11(10)12)8-13(22)20-14(23)19-9-15(16,17)18/h2-5,12H,6-9H2,1H3,(H2,19,20,22,23). The predicted octanol–water partition coefficient (Wildman–Crippen LogP) is 1.99. The molecular weight excluding hydrogens is 311 g/mol. The van der Waals surface area contributed by atoms with Crippen LogP contribution in [0, 0.1) is 0 Å². The second kappa shape index (κ2) is 6.99. The van der Waals surface area contributed by atoms with Crippen LogP contribution in [-0.4, -0.2) is 43.2 Å². The Balaban J connectivity index is 1.83. The number of rotatable bonds is 4. The number of nitrogens with one attached hydrogen (secondary N) is 2. The molecule has 0 spiro atoms. The molecule has 8 heteroatoms. The third-order valence-electron chi connectivity index (χ3n) is 3.73. The molecule has 0 aliphatic heterocycles. The zero-order valence-electron chi connectivity index (χ0n) is 12.6. The first-order valence-corrected chi connectivity index (χ1v) is 7.19. The van der Waals surface area contributed by atoms with Crippen molar-refractivity contribution in [3.63, 3.8) is 0 Å². The molecule has 0 fully saturated rings. The Morgan fingerprint density at radius 3 is 2.70 bits per heavy atom. The molecule has 1 unspecified atom stereocenters. The molecule has 0 heterocycles. The molecule has 1 aromatic carbocycles. The maximum atomic E-state index is 12.0. The number of imide groups is 1. The molecule has 2 rings (SSSR count). The summed E-state index contributed by atoms with van der Waals surface area (Å²) in [7, 11) is 1.75. The summed E-state index contributed by atoms with van der Waals surface area (Å²) >= 11 is 0. The number of nitrogens with zero attached hydrogens (tertiary/aromatic N) is 1. The van der Waals surface area contributed by atoms with Crippen molar-refractivity contribution in [1.29, 1.82) is 0 Å². The van der Waals surface area contributed by atoms with Crippen molar-refractivity contribution in [2.75, 3.05) is 20.1 Å². The van der Waals surface area contributed by atoms with Crippen LogP contribution in [0.4, 0.5) is 18.0 Å². The van der Waals surface area contributed by atoms with E-state index in [2.05, 4.69) is 0 Å². The van der Waals surface area contributed by atoms with Crippen molar-refractivity contribution in [2.24, 2.45) is 0 Å². The van der Waals surface area contributed by atoms with E-state index in [0.29, 0.717) is 0 Å². The Morgan fingerprint density at radius 1 is 1.30 bits per heavy atom. The monoisotopic (exact) mass is 329 g/mol. The zero-order valence-corrected chi connectivity index (χ0v) is 12.6. The summed E-state index contributed by atoms with van der Waals surface area (Å²) in [5, 5.41) is 3.50. The van der Waals surface area contributed by atoms with Crippen LogP contribution >= 0.6 is 0 Å². The van der Waals surface area contributed by atoms with E-state index < -0.39 is 24.7 Å². The highest BCUT2D eigenvalue weighted by molar-refractivity contribution is 5.95. The van der Waals surface area contributed by atoms with Gasteiger partial charge in [0.05, 0.1) is 6.54 Å². The average molecular weight is 329 g/mol. The van der Waals surface area contributed by atoms with Gasteiger partial charge >= 0.3 is 12.2 Å². The van der Waals surface area contributed by atoms with Crippen LogP contribution in [0.3, 0.4) is 0 Å². The smallest absolute Gasteiger partial charge is 0.329 e. The molecule has 0 radical (unpaired) electrons. The van der Waals surface area contributed by atoms with Gasteiger partial charge in [0.15, 0.2) is 0 Å². The molecule has 0 saturated heterocycles. The van der Waals surface area contributed by atoms with Crippen molar-refractivity contribution < 1.29 is 22.8 Å². The number of benzene rings is 1. The molecule has 0 aromatic heterocycles. The lowest BCUT2D eigenvalue weighted by atomic mass is 10.1. The van der Waals surface area contributed by atoms with Crippen LogP contribution in [0.25, 0.3) is 0 Å². The fraction of sp³-hybridized carbons (Fsp3) is 0.467. The topological polar surface area (TPSA) is 61.4 Å². The van der Waals surface area contributed by atoms with Crippen molar-refractivity contribution in [1.82, 2.24) is 15.5 Å². The van der Waals surface area contributed by atoms with Gasteiger partial charge in [-0.15, -0.1) is 0 Å². The van der Waals surface area contributed by atoms with Crippen LogP contribution in [0.2, 0.25) is 0 Å². The maximum Gasteiger partial charge on any atom is 0.405 e. The molecule has 3 amide bonds. The Kier molecular flexibility index (Phi) is 5.25. The number of aryl methyl sites for hydroxylation is 1. The molecule has 1 aromatic rings. The fourth-order valence-corrected chi connectivity index (χ4v) is 2.72. The lowest BCUT2D eigenvalue weighted by Gasteiger charge is -2.24. The normalized spacial score (nSPS) is 17.0. The lowest BCUT2D eigenvalue weighted by Crippen LogP contribution is -2.46. The summed E-state index contributed by atoms with van der Waals surface area (Å²) in [6.07, 6.45) is -2.73. The lowest BCUT2D eigenvalue weighted by molar-refractivity contribution is -0.125. The number of hydrogen-bond acceptors (Lipinski definition) is 3. The molecular formula is C15H18F3N3O2. The van der Waals surface area contributed by atoms with Crippen molar-refractivity contribution in [2.45, 2.75) is 25.1 Å². The SMILES string of the molecule is CN(CC(=O)NC(=O)NCC(F)(F)F)C1CCc2ccccc21. The van der Waals surface area contributed by atoms with Crippen LogP contribution in [0.1, 0.15) is 23.6 Å². The van der Waals surface area contributed by atoms with Gasteiger partial charge in [-0.25, -0.2) is 4.79 Å². The van der Waals surface area contributed by atoms with Gasteiger partial charge in [-0.3, -0.25) is 15.0 Å². The number of amides is 3. The number of halogens is 3. The van der Waals surface area contributed by atoms with Crippen LogP contribution in [-0.2, 0) is 11.2 Å². The third-order valence-corrected chi connectivity index (χ3v) is 3.73. The van der Waals surface area contributed by atoms with Crippen LogP contribution < -0.4 is 10.6 Å². The molecule has 1 atom stereocenters. The fourth-order valence-electron chi connectivity index (χ4n) is 2.72. The van der Waals surface area contributed by atoms with Crippen LogP contribution in [0.5, 0.6) is 0 Å². The van der Waals surface area contributed by atoms with E-state index in [1.54, 1.807) is 17.3 Å². The van der Waals surface area contributed by atoms with Gasteiger partial charge in [0.2, 0.25) is 5.91 Å². The highest BCUT2D eigenvalue weighted by Crippen LogP contribution is 2.34. The van der Waals surface area contributed by atoms with Crippen molar-refractivity contribution >= 4 is 11.9 Å². The summed E-state index contributed by atoms with van der Waals surface area (Å²) in [4.78, 5) is 24.8. The van der Waals surface area contributed by atoms with E-state index in [0.717, 1.165) is 18.4 Å². The summed E-state index contributed by atoms with van der Waals surface area (Å²) in [5.41, 5.74) is 2.37. The first kappa shape index (κ1) is 17.3. The maximum absolute atomic E-state index is 12.0. The number of alkyl halides is 3. The number of fused-ring (bicyclic) bond motifs is 1. The van der Waals surface area contributed by atoms with Gasteiger partial charge < -0.3 is 5.32 Å². The largest absolute Gasteiger partial charge is 0.405 e. The van der Waals surface area contributed by atoms with Gasteiger partial charge in [0, 0.05) is 6.04 Å². The first-order chi connectivity index (χ1) is 10.8. The minimum absolute atomic E-state index is 0.0650. The highest BCUT2D eigenvalue weighted by atomic mass is 19.4. The van der Waals surface area contributed by atoms with Gasteiger partial charge in [-0.1, -0.05) is 24.3 Å². The number of hydrogen-bond donors (Lipinski definition) is 2. The van der Waals surface area contributed by atoms with Gasteiger partial charge in [-0.2, -0.15) is 13.2 Å². The predicted molar refractivity (Wildman–Crippen MR) is 77.7 cm³/mol. The van der Waals surface area contributed by atoms with Crippen molar-refractivity contribution in [3.8, 4) is 0 Å². The van der Waals surface area contributed by atoms with E-state index in [1.165, 1.54) is 5.56 Å². The van der Waals surface area contributed by atoms with Gasteiger partial charge in [-0.05, 0) is 31.0 Å². The number of carbonyl (C=O) groups is 2. The molecule has 126 valence electrons. The molecule has 1 aliphatic rings. The number of urea groups is 1. The average Bonchev–Trinajstić information content (AvgIpc) is 2.88. The van der Waals surface area contributed by atoms with E-state index in [9.17, 15) is 22.8 Å². The summed E-state index contributed by atoms with van der Waals surface area (Å²) in [6, 6.07) is 6.84. The Morgan fingerprint density at radius 2 is 2.00 bits per heavy atom. The van der Waals surface area contributed by atoms with Gasteiger partial charge in [0.1, 0.15) is 6.54 Å². The summed E-state index contributed by atoms with van der Waals surface area (Å²) < 4.78 is 35.9. The Bertz CT molecular complexity index is 590. The second-order valence-electron chi connectivity index (χ2n) is 5.51. The molecule has 5 nitrogen and oxygen atoms in total. The van der Waals surface area contributed by atoms with E-state index >= 15 is 0 Å². The second-order valence-corrected chi connectivity index (χ2v) is 5.51. The van der Waals surface area contributed by atoms with Gasteiger partial charge in [0.25, 0.3) is 0 Å². The minimum atomic E-state index is -4.51. The highest BCUT2D eigenvalue weighted by Gasteiger charge is 2.29. The minimum Gasteiger partial charge on any atom is -0.329 e.